The Balaban J connectivity index is 1.43. The summed E-state index contributed by atoms with van der Waals surface area (Å²) in [6.45, 7) is 0.0222. The average Bonchev–Trinajstić information content (AvgIpc) is 3.17. The van der Waals surface area contributed by atoms with E-state index in [1.807, 2.05) is 30.3 Å². The fourth-order valence-electron chi connectivity index (χ4n) is 4.37. The van der Waals surface area contributed by atoms with Crippen molar-refractivity contribution < 1.29 is 28.2 Å². The number of halogens is 2. The van der Waals surface area contributed by atoms with E-state index in [0.717, 1.165) is 5.56 Å². The number of hydrogen-bond acceptors (Lipinski definition) is 5. The van der Waals surface area contributed by atoms with E-state index in [2.05, 4.69) is 5.32 Å². The molecule has 154 valence electrons. The van der Waals surface area contributed by atoms with Crippen LogP contribution in [0.4, 0.5) is 9.18 Å². The van der Waals surface area contributed by atoms with Crippen molar-refractivity contribution in [1.29, 1.82) is 0 Å². The molecule has 1 aliphatic heterocycles. The van der Waals surface area contributed by atoms with Gasteiger partial charge in [-0.2, -0.15) is 0 Å². The summed E-state index contributed by atoms with van der Waals surface area (Å²) in [5.74, 6) is -1.16. The molecule has 2 aliphatic carbocycles. The molecular weight excluding hydrogens is 401 g/mol. The zero-order valence-electron chi connectivity index (χ0n) is 15.6. The third-order valence-electron chi connectivity index (χ3n) is 5.74. The molecule has 3 aliphatic rings. The van der Waals surface area contributed by atoms with Gasteiger partial charge in [-0.25, -0.2) is 9.18 Å². The summed E-state index contributed by atoms with van der Waals surface area (Å²) < 4.78 is 24.0. The zero-order chi connectivity index (χ0) is 20.5. The van der Waals surface area contributed by atoms with Crippen molar-refractivity contribution in [1.82, 2.24) is 5.32 Å². The fraction of sp³-hybridized carbons (Fsp3) is 0.476. The minimum Gasteiger partial charge on any atom is -0.434 e. The molecule has 2 amide bonds. The summed E-state index contributed by atoms with van der Waals surface area (Å²) in [5.41, 5.74) is 1.87. The van der Waals surface area contributed by atoms with Gasteiger partial charge in [-0.3, -0.25) is 14.9 Å². The number of imide groups is 1. The van der Waals surface area contributed by atoms with Crippen LogP contribution in [0.25, 0.3) is 0 Å². The molecule has 8 heteroatoms. The first-order valence-electron chi connectivity index (χ1n) is 9.67. The summed E-state index contributed by atoms with van der Waals surface area (Å²) in [6, 6.07) is 9.45. The highest BCUT2D eigenvalue weighted by molar-refractivity contribution is 6.21. The molecule has 4 rings (SSSR count). The average molecular weight is 422 g/mol. The van der Waals surface area contributed by atoms with Crippen molar-refractivity contribution in [2.45, 2.75) is 49.3 Å². The Morgan fingerprint density at radius 2 is 1.90 bits per heavy atom. The summed E-state index contributed by atoms with van der Waals surface area (Å²) in [7, 11) is 0. The van der Waals surface area contributed by atoms with Crippen LogP contribution >= 0.6 is 11.6 Å². The Morgan fingerprint density at radius 3 is 2.59 bits per heavy atom. The maximum absolute atomic E-state index is 13.8. The highest BCUT2D eigenvalue weighted by Gasteiger charge is 2.42. The maximum atomic E-state index is 13.8. The molecule has 0 bridgehead atoms. The first kappa shape index (κ1) is 19.9. The van der Waals surface area contributed by atoms with Gasteiger partial charge >= 0.3 is 6.16 Å². The van der Waals surface area contributed by atoms with Gasteiger partial charge in [0.05, 0.1) is 6.61 Å². The SMILES string of the molecule is O=C(OCC1CC2=C(C(=O)NC2=O)C(c2ccccc2)C1)OC1CC(Cl)CC1F. The number of benzene rings is 1. The summed E-state index contributed by atoms with van der Waals surface area (Å²) in [5, 5.41) is 2.01. The fourth-order valence-corrected chi connectivity index (χ4v) is 4.72. The van der Waals surface area contributed by atoms with Gasteiger partial charge in [-0.15, -0.1) is 11.6 Å². The minimum atomic E-state index is -1.29. The van der Waals surface area contributed by atoms with Crippen LogP contribution in [0.5, 0.6) is 0 Å². The molecule has 0 spiro atoms. The lowest BCUT2D eigenvalue weighted by molar-refractivity contribution is -0.124. The molecule has 0 radical (unpaired) electrons. The smallest absolute Gasteiger partial charge is 0.434 e. The molecule has 1 N–H and O–H groups in total. The van der Waals surface area contributed by atoms with E-state index in [-0.39, 0.29) is 42.6 Å². The molecule has 6 nitrogen and oxygen atoms in total. The van der Waals surface area contributed by atoms with Gasteiger partial charge in [0.2, 0.25) is 0 Å². The highest BCUT2D eigenvalue weighted by atomic mass is 35.5. The Morgan fingerprint density at radius 1 is 1.14 bits per heavy atom. The molecule has 29 heavy (non-hydrogen) atoms. The lowest BCUT2D eigenvalue weighted by Gasteiger charge is -2.29. The van der Waals surface area contributed by atoms with Gasteiger partial charge in [0.1, 0.15) is 12.3 Å². The minimum absolute atomic E-state index is 0.0222. The first-order chi connectivity index (χ1) is 13.9. The Hall–Kier alpha value is -2.41. The Bertz CT molecular complexity index is 858. The van der Waals surface area contributed by atoms with Crippen molar-refractivity contribution in [2.24, 2.45) is 5.92 Å². The predicted molar refractivity (Wildman–Crippen MR) is 102 cm³/mol. The Kier molecular flexibility index (Phi) is 5.58. The van der Waals surface area contributed by atoms with Crippen molar-refractivity contribution >= 4 is 29.6 Å². The van der Waals surface area contributed by atoms with E-state index >= 15 is 0 Å². The number of amides is 2. The number of carbonyl (C=O) groups excluding carboxylic acids is 3. The van der Waals surface area contributed by atoms with Crippen LogP contribution in [0.1, 0.15) is 37.2 Å². The molecule has 5 atom stereocenters. The van der Waals surface area contributed by atoms with Crippen molar-refractivity contribution in [2.75, 3.05) is 6.61 Å². The number of alkyl halides is 2. The monoisotopic (exact) mass is 421 g/mol. The van der Waals surface area contributed by atoms with E-state index in [0.29, 0.717) is 24.0 Å². The molecule has 1 fully saturated rings. The van der Waals surface area contributed by atoms with Gasteiger partial charge in [0.25, 0.3) is 11.8 Å². The largest absolute Gasteiger partial charge is 0.508 e. The molecule has 1 heterocycles. The predicted octanol–water partition coefficient (Wildman–Crippen LogP) is 3.39. The third kappa shape index (κ3) is 4.15. The van der Waals surface area contributed by atoms with E-state index in [1.54, 1.807) is 0 Å². The number of ether oxygens (including phenoxy) is 2. The molecule has 1 aromatic rings. The molecule has 0 saturated heterocycles. The summed E-state index contributed by atoms with van der Waals surface area (Å²) in [6.07, 6.45) is -1.81. The van der Waals surface area contributed by atoms with Gasteiger partial charge < -0.3 is 9.47 Å². The molecule has 0 aromatic heterocycles. The van der Waals surface area contributed by atoms with Crippen LogP contribution in [0, 0.1) is 5.92 Å². The number of hydrogen-bond donors (Lipinski definition) is 1. The van der Waals surface area contributed by atoms with Crippen LogP contribution in [0.2, 0.25) is 0 Å². The second-order valence-corrected chi connectivity index (χ2v) is 8.36. The molecular formula is C21H21ClFNO5. The van der Waals surface area contributed by atoms with E-state index < -0.39 is 24.3 Å². The lowest BCUT2D eigenvalue weighted by atomic mass is 9.74. The van der Waals surface area contributed by atoms with Gasteiger partial charge in [0.15, 0.2) is 0 Å². The van der Waals surface area contributed by atoms with Gasteiger partial charge in [-0.1, -0.05) is 30.3 Å². The van der Waals surface area contributed by atoms with E-state index in [1.165, 1.54) is 0 Å². The standard InChI is InChI=1S/C21H21ClFNO5/c22-13-8-16(23)17(9-13)29-21(27)28-10-11-6-14(12-4-2-1-3-5-12)18-15(7-11)19(25)24-20(18)26/h1-5,11,13-14,16-17H,6-10H2,(H,24,25,26). The van der Waals surface area contributed by atoms with Crippen LogP contribution in [-0.2, 0) is 19.1 Å². The van der Waals surface area contributed by atoms with Crippen molar-refractivity contribution in [3.63, 3.8) is 0 Å². The lowest BCUT2D eigenvalue weighted by Crippen LogP contribution is -2.27. The summed E-state index contributed by atoms with van der Waals surface area (Å²) >= 11 is 5.89. The van der Waals surface area contributed by atoms with Crippen LogP contribution in [-0.4, -0.2) is 42.2 Å². The topological polar surface area (TPSA) is 81.7 Å². The maximum Gasteiger partial charge on any atom is 0.508 e. The number of nitrogens with one attached hydrogen (secondary N) is 1. The van der Waals surface area contributed by atoms with Crippen molar-refractivity contribution in [3.05, 3.63) is 47.0 Å². The van der Waals surface area contributed by atoms with Crippen LogP contribution in [0.15, 0.2) is 41.5 Å². The normalized spacial score (nSPS) is 31.4. The van der Waals surface area contributed by atoms with Gasteiger partial charge in [0, 0.05) is 28.9 Å². The molecule has 1 saturated carbocycles. The van der Waals surface area contributed by atoms with Crippen molar-refractivity contribution in [3.8, 4) is 0 Å². The third-order valence-corrected chi connectivity index (χ3v) is 6.10. The van der Waals surface area contributed by atoms with E-state index in [9.17, 15) is 18.8 Å². The number of rotatable bonds is 4. The second-order valence-electron chi connectivity index (χ2n) is 7.75. The molecule has 1 aromatic carbocycles. The Labute approximate surface area is 172 Å². The highest BCUT2D eigenvalue weighted by Crippen LogP contribution is 2.42. The first-order valence-corrected chi connectivity index (χ1v) is 10.1. The van der Waals surface area contributed by atoms with Crippen LogP contribution < -0.4 is 5.32 Å². The van der Waals surface area contributed by atoms with Crippen LogP contribution in [0.3, 0.4) is 0 Å². The number of carbonyl (C=O) groups is 3. The summed E-state index contributed by atoms with van der Waals surface area (Å²) in [4.78, 5) is 36.5. The van der Waals surface area contributed by atoms with Gasteiger partial charge in [-0.05, 0) is 30.7 Å². The van der Waals surface area contributed by atoms with E-state index in [4.69, 9.17) is 21.1 Å². The molecule has 5 unspecified atom stereocenters. The second kappa shape index (κ2) is 8.14. The zero-order valence-corrected chi connectivity index (χ0v) is 16.4. The quantitative estimate of drug-likeness (QED) is 0.458.